The lowest BCUT2D eigenvalue weighted by Crippen LogP contribution is -2.45. The van der Waals surface area contributed by atoms with E-state index < -0.39 is 17.6 Å². The van der Waals surface area contributed by atoms with Crippen LogP contribution in [-0.4, -0.2) is 85.4 Å². The minimum Gasteiger partial charge on any atom is -0.475 e. The number of halogens is 3. The molecule has 2 N–H and O–H groups in total. The lowest BCUT2D eigenvalue weighted by Gasteiger charge is -2.31. The molecule has 9 nitrogen and oxygen atoms in total. The number of hydrogen-bond donors (Lipinski definition) is 2. The molecule has 1 amide bonds. The summed E-state index contributed by atoms with van der Waals surface area (Å²) >= 11 is 0. The van der Waals surface area contributed by atoms with Crippen molar-refractivity contribution in [1.29, 1.82) is 0 Å². The normalized spacial score (nSPS) is 20.6. The Labute approximate surface area is 242 Å². The van der Waals surface area contributed by atoms with Gasteiger partial charge >= 0.3 is 6.18 Å². The Bertz CT molecular complexity index is 1450. The van der Waals surface area contributed by atoms with Crippen molar-refractivity contribution in [3.8, 4) is 17.0 Å². The van der Waals surface area contributed by atoms with Gasteiger partial charge in [-0.2, -0.15) is 13.2 Å². The first-order valence-corrected chi connectivity index (χ1v) is 14.1. The number of rotatable bonds is 8. The van der Waals surface area contributed by atoms with E-state index in [9.17, 15) is 18.0 Å². The number of carbonyl (C=O) groups is 1. The molecule has 1 aromatic carbocycles. The third kappa shape index (κ3) is 6.20. The van der Waals surface area contributed by atoms with Crippen molar-refractivity contribution in [3.05, 3.63) is 65.6 Å². The number of nitrogens with one attached hydrogen (secondary N) is 2. The van der Waals surface area contributed by atoms with Gasteiger partial charge in [-0.1, -0.05) is 6.07 Å². The highest BCUT2D eigenvalue weighted by Crippen LogP contribution is 2.34. The molecule has 222 valence electrons. The molecule has 5 heterocycles. The molecule has 3 aliphatic rings. The molecular weight excluding hydrogens is 549 g/mol. The van der Waals surface area contributed by atoms with Crippen molar-refractivity contribution in [2.45, 2.75) is 31.6 Å². The van der Waals surface area contributed by atoms with Gasteiger partial charge in [0.15, 0.2) is 0 Å². The lowest BCUT2D eigenvalue weighted by molar-refractivity contribution is -0.137. The van der Waals surface area contributed by atoms with E-state index in [4.69, 9.17) is 14.5 Å². The topological polar surface area (TPSA) is 91.8 Å². The van der Waals surface area contributed by atoms with Crippen molar-refractivity contribution in [2.75, 3.05) is 62.8 Å². The second-order valence-electron chi connectivity index (χ2n) is 10.9. The molecule has 2 unspecified atom stereocenters. The summed E-state index contributed by atoms with van der Waals surface area (Å²) in [6.07, 6.45) is -0.137. The molecule has 42 heavy (non-hydrogen) atoms. The fourth-order valence-corrected chi connectivity index (χ4v) is 5.84. The first kappa shape index (κ1) is 28.4. The largest absolute Gasteiger partial charge is 0.475 e. The number of ether oxygens (including phenoxy) is 2. The smallest absolute Gasteiger partial charge is 0.416 e. The van der Waals surface area contributed by atoms with Gasteiger partial charge in [0.25, 0.3) is 5.91 Å². The van der Waals surface area contributed by atoms with Crippen molar-refractivity contribution in [1.82, 2.24) is 20.2 Å². The SMILES string of the molecule is Cc1ncc(NC(=O)c2cccc(C(F)(F)F)c2)cc1-c1cnc(OCCN2CC3CC2CN3)c(N2CCOCC2)c1. The zero-order valence-electron chi connectivity index (χ0n) is 23.3. The van der Waals surface area contributed by atoms with E-state index in [0.717, 1.165) is 48.6 Å². The minimum absolute atomic E-state index is 0.0947. The Balaban J connectivity index is 1.21. The number of piperazine rings is 1. The molecule has 3 fully saturated rings. The van der Waals surface area contributed by atoms with Gasteiger partial charge in [-0.3, -0.25) is 14.7 Å². The van der Waals surface area contributed by atoms with Crippen molar-refractivity contribution >= 4 is 17.3 Å². The fourth-order valence-electron chi connectivity index (χ4n) is 5.84. The van der Waals surface area contributed by atoms with E-state index in [1.165, 1.54) is 24.8 Å². The number of aromatic nitrogens is 2. The summed E-state index contributed by atoms with van der Waals surface area (Å²) in [5, 5.41) is 6.20. The highest BCUT2D eigenvalue weighted by atomic mass is 19.4. The number of anilines is 2. The molecule has 3 aliphatic heterocycles. The van der Waals surface area contributed by atoms with Crippen LogP contribution in [0, 0.1) is 6.92 Å². The lowest BCUT2D eigenvalue weighted by atomic mass is 10.0. The maximum absolute atomic E-state index is 13.1. The van der Waals surface area contributed by atoms with Crippen molar-refractivity contribution < 1.29 is 27.4 Å². The Morgan fingerprint density at radius 2 is 2.00 bits per heavy atom. The summed E-state index contributed by atoms with van der Waals surface area (Å²) in [5.41, 5.74) is 2.49. The first-order valence-electron chi connectivity index (χ1n) is 14.1. The Morgan fingerprint density at radius 3 is 2.74 bits per heavy atom. The van der Waals surface area contributed by atoms with E-state index in [1.54, 1.807) is 12.3 Å². The minimum atomic E-state index is -4.54. The second kappa shape index (κ2) is 11.9. The van der Waals surface area contributed by atoms with Crippen molar-refractivity contribution in [3.63, 3.8) is 0 Å². The fraction of sp³-hybridized carbons (Fsp3) is 0.433. The van der Waals surface area contributed by atoms with Gasteiger partial charge in [0.2, 0.25) is 5.88 Å². The quantitative estimate of drug-likeness (QED) is 0.412. The van der Waals surface area contributed by atoms with Crippen LogP contribution in [0.5, 0.6) is 5.88 Å². The molecule has 0 aliphatic carbocycles. The second-order valence-corrected chi connectivity index (χ2v) is 10.9. The number of nitrogens with zero attached hydrogens (tertiary/aromatic N) is 4. The molecule has 0 saturated carbocycles. The number of hydrogen-bond acceptors (Lipinski definition) is 8. The number of likely N-dealkylation sites (tertiary alicyclic amines) is 1. The number of morpholine rings is 1. The predicted octanol–water partition coefficient (Wildman–Crippen LogP) is 3.98. The van der Waals surface area contributed by atoms with Gasteiger partial charge in [-0.15, -0.1) is 0 Å². The molecule has 2 aromatic heterocycles. The number of amides is 1. The third-order valence-electron chi connectivity index (χ3n) is 8.08. The molecule has 2 bridgehead atoms. The molecular formula is C30H33F3N6O3. The van der Waals surface area contributed by atoms with Gasteiger partial charge in [0.05, 0.1) is 30.7 Å². The molecule has 3 aromatic rings. The predicted molar refractivity (Wildman–Crippen MR) is 152 cm³/mol. The van der Waals surface area contributed by atoms with Gasteiger partial charge in [0.1, 0.15) is 12.3 Å². The number of aryl methyl sites for hydroxylation is 1. The summed E-state index contributed by atoms with van der Waals surface area (Å²) in [6, 6.07) is 9.25. The van der Waals surface area contributed by atoms with E-state index in [2.05, 4.69) is 25.4 Å². The van der Waals surface area contributed by atoms with Crippen LogP contribution < -0.4 is 20.3 Å². The Morgan fingerprint density at radius 1 is 1.17 bits per heavy atom. The summed E-state index contributed by atoms with van der Waals surface area (Å²) in [7, 11) is 0. The first-order chi connectivity index (χ1) is 20.2. The molecule has 12 heteroatoms. The van der Waals surface area contributed by atoms with E-state index in [1.807, 2.05) is 13.0 Å². The summed E-state index contributed by atoms with van der Waals surface area (Å²) in [6.45, 7) is 7.91. The van der Waals surface area contributed by atoms with Crippen LogP contribution in [0.1, 0.15) is 28.0 Å². The number of alkyl halides is 3. The number of carbonyl (C=O) groups excluding carboxylic acids is 1. The highest BCUT2D eigenvalue weighted by molar-refractivity contribution is 6.04. The molecule has 3 saturated heterocycles. The van der Waals surface area contributed by atoms with Crippen LogP contribution in [-0.2, 0) is 10.9 Å². The van der Waals surface area contributed by atoms with Crippen LogP contribution in [0.25, 0.3) is 11.1 Å². The van der Waals surface area contributed by atoms with Gasteiger partial charge in [-0.25, -0.2) is 4.98 Å². The summed E-state index contributed by atoms with van der Waals surface area (Å²) < 4.78 is 51.2. The van der Waals surface area contributed by atoms with E-state index in [-0.39, 0.29) is 5.56 Å². The molecule has 6 rings (SSSR count). The zero-order valence-corrected chi connectivity index (χ0v) is 23.3. The maximum atomic E-state index is 13.1. The number of benzene rings is 1. The van der Waals surface area contributed by atoms with E-state index >= 15 is 0 Å². The monoisotopic (exact) mass is 582 g/mol. The average molecular weight is 583 g/mol. The number of fused-ring (bicyclic) bond motifs is 2. The molecule has 0 radical (unpaired) electrons. The zero-order chi connectivity index (χ0) is 29.3. The van der Waals surface area contributed by atoms with Crippen LogP contribution in [0.15, 0.2) is 48.8 Å². The Kier molecular flexibility index (Phi) is 8.02. The Hall–Kier alpha value is -3.74. The number of pyridine rings is 2. The van der Waals surface area contributed by atoms with Gasteiger partial charge in [-0.05, 0) is 43.7 Å². The van der Waals surface area contributed by atoms with Gasteiger partial charge < -0.3 is 25.0 Å². The molecule has 0 spiro atoms. The van der Waals surface area contributed by atoms with Crippen LogP contribution in [0.2, 0.25) is 0 Å². The highest BCUT2D eigenvalue weighted by Gasteiger charge is 2.37. The summed E-state index contributed by atoms with van der Waals surface area (Å²) in [5.74, 6) is -0.0988. The molecule has 2 atom stereocenters. The third-order valence-corrected chi connectivity index (χ3v) is 8.08. The van der Waals surface area contributed by atoms with Crippen molar-refractivity contribution in [2.24, 2.45) is 0 Å². The van der Waals surface area contributed by atoms with Crippen LogP contribution >= 0.6 is 0 Å². The summed E-state index contributed by atoms with van der Waals surface area (Å²) in [4.78, 5) is 26.6. The van der Waals surface area contributed by atoms with E-state index in [0.29, 0.717) is 62.3 Å². The standard InChI is InChI=1S/C30H33F3N6O3/c1-19-26(14-23(16-34-19)37-28(40)20-3-2-4-22(11-20)30(31,32)33)21-12-27(38-5-8-41-9-6-38)29(36-15-21)42-10-7-39-18-24-13-25(39)17-35-24/h2-4,11-12,14-16,24-25,35H,5-10,13,17-18H2,1H3,(H,37,40). The van der Waals surface area contributed by atoms with Crippen LogP contribution in [0.3, 0.4) is 0 Å². The van der Waals surface area contributed by atoms with Crippen LogP contribution in [0.4, 0.5) is 24.5 Å². The van der Waals surface area contributed by atoms with Gasteiger partial charge in [0, 0.05) is 73.4 Å². The average Bonchev–Trinajstić information content (AvgIpc) is 3.62. The maximum Gasteiger partial charge on any atom is 0.416 e.